The van der Waals surface area contributed by atoms with E-state index < -0.39 is 11.5 Å². The molecule has 0 spiro atoms. The first-order chi connectivity index (χ1) is 18.3. The minimum atomic E-state index is -0.597. The lowest BCUT2D eigenvalue weighted by Gasteiger charge is -2.18. The number of carbonyl (C=O) groups is 1. The Morgan fingerprint density at radius 3 is 2.45 bits per heavy atom. The van der Waals surface area contributed by atoms with Crippen LogP contribution in [0, 0.1) is 0 Å². The Balaban J connectivity index is 1.40. The number of benzene rings is 2. The first-order valence-corrected chi connectivity index (χ1v) is 11.6. The molecule has 5 rings (SSSR count). The molecule has 0 saturated heterocycles. The van der Waals surface area contributed by atoms with Crippen molar-refractivity contribution >= 4 is 28.3 Å². The van der Waals surface area contributed by atoms with E-state index in [1.807, 2.05) is 18.2 Å². The average Bonchev–Trinajstić information content (AvgIpc) is 2.91. The second-order valence-electron chi connectivity index (χ2n) is 8.58. The van der Waals surface area contributed by atoms with Crippen molar-refractivity contribution in [2.45, 2.75) is 0 Å². The van der Waals surface area contributed by atoms with Crippen molar-refractivity contribution in [2.75, 3.05) is 24.3 Å². The lowest BCUT2D eigenvalue weighted by Crippen LogP contribution is -2.31. The van der Waals surface area contributed by atoms with Crippen molar-refractivity contribution in [3.05, 3.63) is 101 Å². The molecule has 0 aliphatic carbocycles. The molecular weight excluding hydrogens is 486 g/mol. The molecule has 3 N–H and O–H groups in total. The van der Waals surface area contributed by atoms with Gasteiger partial charge in [-0.15, -0.1) is 0 Å². The number of carbonyl (C=O) groups excluding carboxylic acids is 1. The second kappa shape index (κ2) is 9.94. The number of nitrogens with zero attached hydrogens (tertiary/aromatic N) is 4. The number of pyridine rings is 3. The van der Waals surface area contributed by atoms with Crippen LogP contribution in [0.25, 0.3) is 16.6 Å². The number of phenolic OH excluding ortho intramolecular Hbond substituents is 2. The van der Waals surface area contributed by atoms with Crippen molar-refractivity contribution in [3.8, 4) is 28.7 Å². The van der Waals surface area contributed by atoms with Crippen molar-refractivity contribution in [3.63, 3.8) is 0 Å². The Hall–Kier alpha value is -5.38. The molecule has 190 valence electrons. The van der Waals surface area contributed by atoms with Gasteiger partial charge in [-0.2, -0.15) is 0 Å². The molecule has 3 aromatic heterocycles. The highest BCUT2D eigenvalue weighted by Gasteiger charge is 2.20. The van der Waals surface area contributed by atoms with Crippen LogP contribution < -0.4 is 20.5 Å². The largest absolute Gasteiger partial charge is 0.504 e. The van der Waals surface area contributed by atoms with Crippen LogP contribution in [-0.4, -0.2) is 44.8 Å². The van der Waals surface area contributed by atoms with Crippen LogP contribution in [0.2, 0.25) is 0 Å². The summed E-state index contributed by atoms with van der Waals surface area (Å²) in [4.78, 5) is 36.7. The Labute approximate surface area is 217 Å². The van der Waals surface area contributed by atoms with Gasteiger partial charge in [-0.3, -0.25) is 19.1 Å². The molecule has 0 aliphatic heterocycles. The summed E-state index contributed by atoms with van der Waals surface area (Å²) >= 11 is 0. The van der Waals surface area contributed by atoms with E-state index >= 15 is 0 Å². The summed E-state index contributed by atoms with van der Waals surface area (Å²) in [6, 6.07) is 18.2. The Morgan fingerprint density at radius 2 is 1.74 bits per heavy atom. The monoisotopic (exact) mass is 509 g/mol. The number of phenols is 2. The number of hydrogen-bond donors (Lipinski definition) is 3. The minimum Gasteiger partial charge on any atom is -0.504 e. The van der Waals surface area contributed by atoms with Crippen molar-refractivity contribution in [1.29, 1.82) is 0 Å². The minimum absolute atomic E-state index is 0.0187. The summed E-state index contributed by atoms with van der Waals surface area (Å²) in [6.07, 6.45) is 4.57. The zero-order valence-electron chi connectivity index (χ0n) is 20.5. The fraction of sp³-hybridized carbons (Fsp3) is 0.0714. The summed E-state index contributed by atoms with van der Waals surface area (Å²) in [7, 11) is 3.51. The molecule has 0 radical (unpaired) electrons. The third kappa shape index (κ3) is 4.70. The van der Waals surface area contributed by atoms with Gasteiger partial charge in [-0.25, -0.2) is 4.98 Å². The Kier molecular flexibility index (Phi) is 6.36. The van der Waals surface area contributed by atoms with E-state index in [1.165, 1.54) is 29.1 Å². The lowest BCUT2D eigenvalue weighted by atomic mass is 10.2. The summed E-state index contributed by atoms with van der Waals surface area (Å²) < 4.78 is 7.32. The number of amides is 1. The highest BCUT2D eigenvalue weighted by atomic mass is 16.5. The van der Waals surface area contributed by atoms with Crippen molar-refractivity contribution < 1.29 is 19.7 Å². The van der Waals surface area contributed by atoms with E-state index in [0.717, 1.165) is 0 Å². The highest BCUT2D eigenvalue weighted by Crippen LogP contribution is 2.35. The van der Waals surface area contributed by atoms with Gasteiger partial charge in [0.1, 0.15) is 22.9 Å². The zero-order chi connectivity index (χ0) is 26.8. The number of anilines is 2. The zero-order valence-corrected chi connectivity index (χ0v) is 20.5. The molecule has 0 aliphatic rings. The number of aromatic hydroxyl groups is 2. The summed E-state index contributed by atoms with van der Waals surface area (Å²) in [6.45, 7) is 0. The van der Waals surface area contributed by atoms with Crippen LogP contribution in [0.5, 0.6) is 23.0 Å². The molecule has 0 atom stereocenters. The summed E-state index contributed by atoms with van der Waals surface area (Å²) in [5.74, 6) is -0.191. The SMILES string of the molecule is CN(C)c1ccn(-c2ccccc2)c(=O)c1C(=O)Nc1ccc(Oc2ccnc3cc(O)c(O)cc23)cn1. The predicted octanol–water partition coefficient (Wildman–Crippen LogP) is 4.30. The van der Waals surface area contributed by atoms with E-state index in [2.05, 4.69) is 15.3 Å². The second-order valence-corrected chi connectivity index (χ2v) is 8.58. The number of aromatic nitrogens is 3. The molecule has 0 fully saturated rings. The van der Waals surface area contributed by atoms with E-state index in [4.69, 9.17) is 4.74 Å². The summed E-state index contributed by atoms with van der Waals surface area (Å²) in [5.41, 5.74) is 1.08. The van der Waals surface area contributed by atoms with Gasteiger partial charge in [-0.1, -0.05) is 18.2 Å². The van der Waals surface area contributed by atoms with Gasteiger partial charge in [0, 0.05) is 43.6 Å². The first kappa shape index (κ1) is 24.3. The molecular formula is C28H23N5O5. The molecule has 0 saturated carbocycles. The number of nitrogens with one attached hydrogen (secondary N) is 1. The van der Waals surface area contributed by atoms with E-state index in [1.54, 1.807) is 61.6 Å². The van der Waals surface area contributed by atoms with E-state index in [-0.39, 0.29) is 22.9 Å². The van der Waals surface area contributed by atoms with Crippen molar-refractivity contribution in [1.82, 2.24) is 14.5 Å². The molecule has 1 amide bonds. The maximum Gasteiger partial charge on any atom is 0.270 e. The summed E-state index contributed by atoms with van der Waals surface area (Å²) in [5, 5.41) is 22.8. The maximum atomic E-state index is 13.3. The van der Waals surface area contributed by atoms with Gasteiger partial charge in [0.05, 0.1) is 17.4 Å². The fourth-order valence-corrected chi connectivity index (χ4v) is 3.96. The number of fused-ring (bicyclic) bond motifs is 1. The standard InChI is InChI=1S/C28H23N5O5/c1-32(2)21-11-13-33(17-6-4-3-5-7-17)28(37)26(21)27(36)31-25-9-8-18(16-30-25)38-24-10-12-29-20-15-23(35)22(34)14-19(20)24/h3-16,34-35H,1-2H3,(H,30,31,36). The first-order valence-electron chi connectivity index (χ1n) is 11.6. The Bertz CT molecular complexity index is 1700. The smallest absolute Gasteiger partial charge is 0.270 e. The van der Waals surface area contributed by atoms with Crippen LogP contribution in [0.4, 0.5) is 11.5 Å². The van der Waals surface area contributed by atoms with Gasteiger partial charge in [-0.05, 0) is 42.5 Å². The number of rotatable bonds is 6. The van der Waals surface area contributed by atoms with Crippen LogP contribution in [0.3, 0.4) is 0 Å². The van der Waals surface area contributed by atoms with E-state index in [0.29, 0.717) is 33.8 Å². The maximum absolute atomic E-state index is 13.3. The molecule has 2 aromatic carbocycles. The average molecular weight is 510 g/mol. The molecule has 10 heteroatoms. The van der Waals surface area contributed by atoms with E-state index in [9.17, 15) is 19.8 Å². The third-order valence-corrected chi connectivity index (χ3v) is 5.82. The van der Waals surface area contributed by atoms with Gasteiger partial charge < -0.3 is 25.2 Å². The molecule has 0 unspecified atom stereocenters. The molecule has 5 aromatic rings. The van der Waals surface area contributed by atoms with Crippen LogP contribution in [0.15, 0.2) is 90.1 Å². The number of ether oxygens (including phenoxy) is 1. The van der Waals surface area contributed by atoms with Crippen molar-refractivity contribution in [2.24, 2.45) is 0 Å². The molecule has 3 heterocycles. The van der Waals surface area contributed by atoms with Gasteiger partial charge in [0.15, 0.2) is 11.5 Å². The van der Waals surface area contributed by atoms with Crippen LogP contribution in [-0.2, 0) is 0 Å². The van der Waals surface area contributed by atoms with Crippen LogP contribution >= 0.6 is 0 Å². The third-order valence-electron chi connectivity index (χ3n) is 5.82. The molecule has 10 nitrogen and oxygen atoms in total. The van der Waals surface area contributed by atoms with Crippen LogP contribution in [0.1, 0.15) is 10.4 Å². The molecule has 0 bridgehead atoms. The number of para-hydroxylation sites is 1. The number of hydrogen-bond acceptors (Lipinski definition) is 8. The lowest BCUT2D eigenvalue weighted by molar-refractivity contribution is 0.102. The predicted molar refractivity (Wildman–Crippen MR) is 144 cm³/mol. The van der Waals surface area contributed by atoms with Gasteiger partial charge in [0.25, 0.3) is 11.5 Å². The fourth-order valence-electron chi connectivity index (χ4n) is 3.96. The topological polar surface area (TPSA) is 130 Å². The van der Waals surface area contributed by atoms with Gasteiger partial charge >= 0.3 is 0 Å². The normalized spacial score (nSPS) is 10.8. The molecule has 38 heavy (non-hydrogen) atoms. The van der Waals surface area contributed by atoms with Gasteiger partial charge in [0.2, 0.25) is 0 Å². The highest BCUT2D eigenvalue weighted by molar-refractivity contribution is 6.07. The quantitative estimate of drug-likeness (QED) is 0.289. The Morgan fingerprint density at radius 1 is 0.974 bits per heavy atom.